The van der Waals surface area contributed by atoms with Crippen molar-refractivity contribution in [3.8, 4) is 0 Å². The summed E-state index contributed by atoms with van der Waals surface area (Å²) in [5.74, 6) is 12.3. The lowest BCUT2D eigenvalue weighted by Gasteiger charge is -2.54. The van der Waals surface area contributed by atoms with Gasteiger partial charge in [-0.15, -0.1) is 0 Å². The summed E-state index contributed by atoms with van der Waals surface area (Å²) < 4.78 is 1.63. The molecule has 1 aromatic heterocycles. The monoisotopic (exact) mass is 274 g/mol. The van der Waals surface area contributed by atoms with Gasteiger partial charge in [0, 0.05) is 11.8 Å². The Kier molecular flexibility index (Phi) is 2.60. The summed E-state index contributed by atoms with van der Waals surface area (Å²) >= 11 is 0. The van der Waals surface area contributed by atoms with E-state index in [1.165, 1.54) is 32.1 Å². The van der Waals surface area contributed by atoms with Gasteiger partial charge in [-0.25, -0.2) is 9.66 Å². The summed E-state index contributed by atoms with van der Waals surface area (Å²) in [7, 11) is 0. The summed E-state index contributed by atoms with van der Waals surface area (Å²) in [4.78, 5) is 4.87. The minimum atomic E-state index is 0.327. The summed E-state index contributed by atoms with van der Waals surface area (Å²) in [6, 6.07) is 0. The van der Waals surface area contributed by atoms with Gasteiger partial charge in [-0.2, -0.15) is 0 Å². The zero-order valence-corrected chi connectivity index (χ0v) is 12.5. The number of aromatic nitrogens is 2. The summed E-state index contributed by atoms with van der Waals surface area (Å²) in [5.41, 5.74) is 7.41. The van der Waals surface area contributed by atoms with Crippen LogP contribution >= 0.6 is 0 Å². The highest BCUT2D eigenvalue weighted by molar-refractivity contribution is 5.42. The average Bonchev–Trinajstić information content (AvgIpc) is 2.66. The number of nitrogen functional groups attached to an aromatic ring is 2. The van der Waals surface area contributed by atoms with Crippen molar-refractivity contribution in [2.75, 3.05) is 11.6 Å². The molecule has 4 N–H and O–H groups in total. The minimum Gasteiger partial charge on any atom is -0.382 e. The summed E-state index contributed by atoms with van der Waals surface area (Å²) in [6.07, 6.45) is 7.06. The van der Waals surface area contributed by atoms with Crippen LogP contribution in [0.2, 0.25) is 0 Å². The van der Waals surface area contributed by atoms with E-state index in [1.807, 2.05) is 0 Å². The normalized spacial score (nSPS) is 38.9. The highest BCUT2D eigenvalue weighted by atomic mass is 15.4. The van der Waals surface area contributed by atoms with E-state index in [9.17, 15) is 0 Å². The van der Waals surface area contributed by atoms with Crippen LogP contribution in [0.1, 0.15) is 69.3 Å². The highest BCUT2D eigenvalue weighted by Crippen LogP contribution is 2.60. The Labute approximate surface area is 120 Å². The van der Waals surface area contributed by atoms with Crippen LogP contribution in [0.4, 0.5) is 5.82 Å². The van der Waals surface area contributed by atoms with Crippen molar-refractivity contribution in [3.63, 3.8) is 0 Å². The van der Waals surface area contributed by atoms with Crippen molar-refractivity contribution >= 4 is 5.82 Å². The fourth-order valence-corrected chi connectivity index (χ4v) is 5.51. The van der Waals surface area contributed by atoms with Gasteiger partial charge in [-0.1, -0.05) is 13.8 Å². The van der Waals surface area contributed by atoms with Gasteiger partial charge in [-0.3, -0.25) is 0 Å². The smallest absolute Gasteiger partial charge is 0.146 e. The highest BCUT2D eigenvalue weighted by Gasteiger charge is 2.50. The maximum Gasteiger partial charge on any atom is 0.146 e. The maximum atomic E-state index is 6.30. The number of nitrogens with zero attached hydrogens (tertiary/aromatic N) is 2. The molecule has 0 aliphatic heterocycles. The molecular formula is C16H26N4. The van der Waals surface area contributed by atoms with Gasteiger partial charge in [-0.05, 0) is 55.8 Å². The Morgan fingerprint density at radius 3 is 2.05 bits per heavy atom. The Morgan fingerprint density at radius 2 is 1.60 bits per heavy atom. The molecule has 0 aromatic carbocycles. The molecule has 0 radical (unpaired) electrons. The fraction of sp³-hybridized carbons (Fsp3) is 0.812. The van der Waals surface area contributed by atoms with E-state index in [0.29, 0.717) is 17.7 Å². The molecule has 4 fully saturated rings. The first-order valence-corrected chi connectivity index (χ1v) is 8.17. The van der Waals surface area contributed by atoms with Crippen molar-refractivity contribution in [1.82, 2.24) is 9.66 Å². The van der Waals surface area contributed by atoms with E-state index in [1.54, 1.807) is 4.68 Å². The van der Waals surface area contributed by atoms with Crippen LogP contribution < -0.4 is 11.6 Å². The van der Waals surface area contributed by atoms with Crippen molar-refractivity contribution in [2.45, 2.75) is 57.8 Å². The number of nitrogens with two attached hydrogens (primary N) is 2. The molecule has 4 bridgehead atoms. The molecular weight excluding hydrogens is 248 g/mol. The van der Waals surface area contributed by atoms with Crippen LogP contribution in [-0.2, 0) is 0 Å². The SMILES string of the molecule is CC(C)c1nc(C2C3CC4CC(C3)CC2C4)c(N)n1N. The Balaban J connectivity index is 1.73. The van der Waals surface area contributed by atoms with Crippen LogP contribution in [0, 0.1) is 23.7 Å². The average molecular weight is 274 g/mol. The number of hydrogen-bond acceptors (Lipinski definition) is 3. The van der Waals surface area contributed by atoms with E-state index in [2.05, 4.69) is 13.8 Å². The Bertz CT molecular complexity index is 503. The lowest BCUT2D eigenvalue weighted by molar-refractivity contribution is -0.00382. The largest absolute Gasteiger partial charge is 0.382 e. The molecule has 0 amide bonds. The molecule has 4 aliphatic rings. The predicted octanol–water partition coefficient (Wildman–Crippen LogP) is 2.84. The van der Waals surface area contributed by atoms with Crippen molar-refractivity contribution < 1.29 is 0 Å². The molecule has 5 rings (SSSR count). The lowest BCUT2D eigenvalue weighted by atomic mass is 9.51. The number of imidazole rings is 1. The van der Waals surface area contributed by atoms with Gasteiger partial charge < -0.3 is 11.6 Å². The molecule has 20 heavy (non-hydrogen) atoms. The van der Waals surface area contributed by atoms with E-state index >= 15 is 0 Å². The van der Waals surface area contributed by atoms with Crippen LogP contribution in [-0.4, -0.2) is 9.66 Å². The number of anilines is 1. The molecule has 110 valence electrons. The second kappa shape index (κ2) is 4.15. The van der Waals surface area contributed by atoms with Crippen LogP contribution in [0.15, 0.2) is 0 Å². The first-order chi connectivity index (χ1) is 9.54. The fourth-order valence-electron chi connectivity index (χ4n) is 5.51. The maximum absolute atomic E-state index is 6.30. The first-order valence-electron chi connectivity index (χ1n) is 8.17. The molecule has 0 unspecified atom stereocenters. The topological polar surface area (TPSA) is 69.9 Å². The Morgan fingerprint density at radius 1 is 1.05 bits per heavy atom. The molecule has 4 saturated carbocycles. The number of rotatable bonds is 2. The Hall–Kier alpha value is -1.19. The summed E-state index contributed by atoms with van der Waals surface area (Å²) in [5, 5.41) is 0. The molecule has 1 heterocycles. The minimum absolute atomic E-state index is 0.327. The van der Waals surface area contributed by atoms with E-state index < -0.39 is 0 Å². The third kappa shape index (κ3) is 1.63. The summed E-state index contributed by atoms with van der Waals surface area (Å²) in [6.45, 7) is 4.26. The van der Waals surface area contributed by atoms with E-state index in [-0.39, 0.29) is 0 Å². The second-order valence-electron chi connectivity index (χ2n) is 7.72. The van der Waals surface area contributed by atoms with E-state index in [0.717, 1.165) is 35.2 Å². The molecule has 0 saturated heterocycles. The standard InChI is InChI=1S/C16H26N4/c1-8(2)16-19-14(15(17)20(16)18)13-11-4-9-3-10(6-11)7-12(13)5-9/h8-13H,3-7,17-18H2,1-2H3. The lowest BCUT2D eigenvalue weighted by Crippen LogP contribution is -2.44. The quantitative estimate of drug-likeness (QED) is 0.815. The number of hydrogen-bond donors (Lipinski definition) is 2. The van der Waals surface area contributed by atoms with Crippen molar-refractivity contribution in [1.29, 1.82) is 0 Å². The molecule has 0 spiro atoms. The predicted molar refractivity (Wildman–Crippen MR) is 80.7 cm³/mol. The van der Waals surface area contributed by atoms with Gasteiger partial charge in [0.05, 0.1) is 5.69 Å². The molecule has 4 nitrogen and oxygen atoms in total. The van der Waals surface area contributed by atoms with E-state index in [4.69, 9.17) is 16.6 Å². The van der Waals surface area contributed by atoms with Gasteiger partial charge in [0.1, 0.15) is 11.6 Å². The van der Waals surface area contributed by atoms with Gasteiger partial charge in [0.25, 0.3) is 0 Å². The van der Waals surface area contributed by atoms with Crippen LogP contribution in [0.5, 0.6) is 0 Å². The van der Waals surface area contributed by atoms with Crippen LogP contribution in [0.3, 0.4) is 0 Å². The van der Waals surface area contributed by atoms with Gasteiger partial charge in [0.15, 0.2) is 0 Å². The van der Waals surface area contributed by atoms with Gasteiger partial charge in [0.2, 0.25) is 0 Å². The zero-order valence-electron chi connectivity index (χ0n) is 12.5. The van der Waals surface area contributed by atoms with Crippen molar-refractivity contribution in [3.05, 3.63) is 11.5 Å². The van der Waals surface area contributed by atoms with Crippen molar-refractivity contribution in [2.24, 2.45) is 23.7 Å². The molecule has 1 aromatic rings. The first kappa shape index (κ1) is 12.5. The third-order valence-electron chi connectivity index (χ3n) is 6.06. The van der Waals surface area contributed by atoms with Gasteiger partial charge >= 0.3 is 0 Å². The zero-order chi connectivity index (χ0) is 14.0. The third-order valence-corrected chi connectivity index (χ3v) is 6.06. The molecule has 4 aliphatic carbocycles. The van der Waals surface area contributed by atoms with Crippen LogP contribution in [0.25, 0.3) is 0 Å². The molecule has 4 heteroatoms. The second-order valence-corrected chi connectivity index (χ2v) is 7.72. The molecule has 0 atom stereocenters.